The van der Waals surface area contributed by atoms with Gasteiger partial charge in [0, 0.05) is 19.0 Å². The van der Waals surface area contributed by atoms with Gasteiger partial charge in [0.15, 0.2) is 0 Å². The molecule has 2 aliphatic heterocycles. The van der Waals surface area contributed by atoms with Crippen LogP contribution in [-0.2, 0) is 20.9 Å². The van der Waals surface area contributed by atoms with Crippen LogP contribution in [0.5, 0.6) is 0 Å². The molecule has 5 nitrogen and oxygen atoms in total. The molecule has 5 heteroatoms. The number of likely N-dealkylation sites (tertiary alicyclic amines) is 2. The van der Waals surface area contributed by atoms with E-state index in [1.807, 2.05) is 0 Å². The molecule has 5 rings (SSSR count). The number of aryl methyl sites for hydroxylation is 1. The van der Waals surface area contributed by atoms with Gasteiger partial charge >= 0.3 is 0 Å². The third-order valence-corrected chi connectivity index (χ3v) is 8.14. The number of hydrogen-bond donors (Lipinski definition) is 0. The molecule has 2 saturated heterocycles. The molecule has 0 bridgehead atoms. The fourth-order valence-electron chi connectivity index (χ4n) is 5.83. The largest absolute Gasteiger partial charge is 0.471 e. The summed E-state index contributed by atoms with van der Waals surface area (Å²) in [6.07, 6.45) is 4.12. The number of amides is 1. The van der Waals surface area contributed by atoms with Crippen LogP contribution in [0.15, 0.2) is 84.9 Å². The predicted molar refractivity (Wildman–Crippen MR) is 152 cm³/mol. The van der Waals surface area contributed by atoms with Crippen molar-refractivity contribution in [1.82, 2.24) is 9.80 Å². The first-order chi connectivity index (χ1) is 18.5. The molecule has 0 aliphatic carbocycles. The van der Waals surface area contributed by atoms with Crippen LogP contribution in [0.2, 0.25) is 0 Å². The van der Waals surface area contributed by atoms with Gasteiger partial charge in [-0.3, -0.25) is 9.59 Å². The Morgan fingerprint density at radius 3 is 1.89 bits per heavy atom. The molecule has 2 heterocycles. The Labute approximate surface area is 227 Å². The van der Waals surface area contributed by atoms with Crippen LogP contribution in [0, 0.1) is 12.3 Å². The summed E-state index contributed by atoms with van der Waals surface area (Å²) in [6, 6.07) is 30.4. The zero-order chi connectivity index (χ0) is 26.8. The number of benzene rings is 3. The Balaban J connectivity index is 0.000000786. The molecule has 1 spiro atoms. The van der Waals surface area contributed by atoms with Crippen molar-refractivity contribution in [2.24, 2.45) is 5.41 Å². The number of rotatable bonds is 8. The number of hydrogen-bond acceptors (Lipinski definition) is 4. The maximum Gasteiger partial charge on any atom is 0.292 e. The number of carbonyl (C=O) groups excluding carboxylic acids is 2. The normalized spacial score (nSPS) is 16.8. The van der Waals surface area contributed by atoms with Crippen LogP contribution in [0.25, 0.3) is 0 Å². The molecular formula is C33H40N2O3. The van der Waals surface area contributed by atoms with Gasteiger partial charge in [-0.25, -0.2) is 0 Å². The summed E-state index contributed by atoms with van der Waals surface area (Å²) in [6.45, 7) is 7.26. The Morgan fingerprint density at radius 1 is 0.842 bits per heavy atom. The van der Waals surface area contributed by atoms with E-state index in [0.29, 0.717) is 18.3 Å². The van der Waals surface area contributed by atoms with Gasteiger partial charge in [0.1, 0.15) is 0 Å². The number of methoxy groups -OCH3 is 1. The zero-order valence-corrected chi connectivity index (χ0v) is 22.7. The Morgan fingerprint density at radius 2 is 1.37 bits per heavy atom. The second kappa shape index (κ2) is 13.4. The Kier molecular flexibility index (Phi) is 9.72. The number of piperidine rings is 1. The Bertz CT molecular complexity index is 1100. The first kappa shape index (κ1) is 27.6. The van der Waals surface area contributed by atoms with Crippen LogP contribution >= 0.6 is 0 Å². The van der Waals surface area contributed by atoms with Crippen molar-refractivity contribution >= 4 is 12.4 Å². The van der Waals surface area contributed by atoms with Gasteiger partial charge < -0.3 is 14.5 Å². The molecule has 0 radical (unpaired) electrons. The van der Waals surface area contributed by atoms with Gasteiger partial charge in [-0.2, -0.15) is 0 Å². The lowest BCUT2D eigenvalue weighted by Crippen LogP contribution is -2.45. The zero-order valence-electron chi connectivity index (χ0n) is 22.7. The van der Waals surface area contributed by atoms with E-state index in [0.717, 1.165) is 58.4 Å². The molecule has 1 amide bonds. The summed E-state index contributed by atoms with van der Waals surface area (Å²) in [5.41, 5.74) is 5.16. The van der Waals surface area contributed by atoms with Gasteiger partial charge in [0.25, 0.3) is 6.47 Å². The Hall–Kier alpha value is -3.44. The maximum absolute atomic E-state index is 13.4. The van der Waals surface area contributed by atoms with Crippen LogP contribution in [-0.4, -0.2) is 55.5 Å². The molecule has 0 atom stereocenters. The van der Waals surface area contributed by atoms with E-state index in [1.165, 1.54) is 29.4 Å². The van der Waals surface area contributed by atoms with Gasteiger partial charge in [0.05, 0.1) is 12.5 Å². The highest BCUT2D eigenvalue weighted by Crippen LogP contribution is 2.42. The van der Waals surface area contributed by atoms with E-state index in [-0.39, 0.29) is 5.41 Å². The second-order valence-electron chi connectivity index (χ2n) is 10.6. The van der Waals surface area contributed by atoms with Crippen molar-refractivity contribution in [3.05, 3.63) is 107 Å². The molecule has 0 N–H and O–H groups in total. The molecule has 38 heavy (non-hydrogen) atoms. The number of ether oxygens (including phenoxy) is 1. The minimum atomic E-state index is -0.126. The minimum Gasteiger partial charge on any atom is -0.471 e. The van der Waals surface area contributed by atoms with E-state index < -0.39 is 0 Å². The lowest BCUT2D eigenvalue weighted by atomic mass is 9.77. The second-order valence-corrected chi connectivity index (χ2v) is 10.6. The molecule has 2 fully saturated rings. The van der Waals surface area contributed by atoms with Crippen molar-refractivity contribution in [3.63, 3.8) is 0 Å². The quantitative estimate of drug-likeness (QED) is 0.357. The van der Waals surface area contributed by atoms with Crippen LogP contribution in [0.1, 0.15) is 53.9 Å². The molecule has 2 aliphatic rings. The number of carbonyl (C=O) groups is 2. The molecule has 3 aromatic carbocycles. The van der Waals surface area contributed by atoms with Crippen molar-refractivity contribution in [1.29, 1.82) is 0 Å². The lowest BCUT2D eigenvalue weighted by Gasteiger charge is -2.38. The van der Waals surface area contributed by atoms with Gasteiger partial charge in [-0.1, -0.05) is 90.5 Å². The average molecular weight is 513 g/mol. The topological polar surface area (TPSA) is 49.9 Å². The first-order valence-corrected chi connectivity index (χ1v) is 13.7. The molecule has 0 aromatic heterocycles. The highest BCUT2D eigenvalue weighted by atomic mass is 16.5. The van der Waals surface area contributed by atoms with Crippen molar-refractivity contribution in [3.8, 4) is 0 Å². The lowest BCUT2D eigenvalue weighted by molar-refractivity contribution is -0.138. The summed E-state index contributed by atoms with van der Waals surface area (Å²) >= 11 is 0. The van der Waals surface area contributed by atoms with Gasteiger partial charge in [-0.05, 0) is 68.9 Å². The van der Waals surface area contributed by atoms with Crippen LogP contribution < -0.4 is 0 Å². The molecular weight excluding hydrogens is 472 g/mol. The molecule has 3 aromatic rings. The number of nitrogens with zero attached hydrogens (tertiary/aromatic N) is 2. The fourth-order valence-corrected chi connectivity index (χ4v) is 5.83. The standard InChI is InChI=1S/C31H36N2O.C2H4O2/c1-25-12-14-26(15-13-25)24-33-23-19-31(30(33)34)17-21-32(22-18-31)20-16-29(27-8-4-2-5-9-27)28-10-6-3-7-11-28;1-4-2-3/h2-15,29H,16-24H2,1H3;2H,1H3. The van der Waals surface area contributed by atoms with Gasteiger partial charge in [-0.15, -0.1) is 0 Å². The van der Waals surface area contributed by atoms with E-state index >= 15 is 0 Å². The summed E-state index contributed by atoms with van der Waals surface area (Å²) in [5, 5.41) is 0. The average Bonchev–Trinajstić information content (AvgIpc) is 3.26. The highest BCUT2D eigenvalue weighted by molar-refractivity contribution is 5.85. The van der Waals surface area contributed by atoms with Gasteiger partial charge in [0.2, 0.25) is 5.91 Å². The molecule has 200 valence electrons. The summed E-state index contributed by atoms with van der Waals surface area (Å²) < 4.78 is 3.86. The SMILES string of the molecule is COC=O.Cc1ccc(CN2CCC3(CCN(CCC(c4ccccc4)c4ccccc4)CC3)C2=O)cc1. The highest BCUT2D eigenvalue weighted by Gasteiger charge is 2.47. The smallest absolute Gasteiger partial charge is 0.292 e. The van der Waals surface area contributed by atoms with E-state index in [9.17, 15) is 4.79 Å². The van der Waals surface area contributed by atoms with Crippen molar-refractivity contribution in [2.75, 3.05) is 33.3 Å². The minimum absolute atomic E-state index is 0.126. The van der Waals surface area contributed by atoms with E-state index in [1.54, 1.807) is 0 Å². The van der Waals surface area contributed by atoms with Crippen molar-refractivity contribution in [2.45, 2.75) is 45.1 Å². The third kappa shape index (κ3) is 6.90. The summed E-state index contributed by atoms with van der Waals surface area (Å²) in [7, 11) is 1.31. The predicted octanol–water partition coefficient (Wildman–Crippen LogP) is 5.82. The third-order valence-electron chi connectivity index (χ3n) is 8.14. The monoisotopic (exact) mass is 512 g/mol. The van der Waals surface area contributed by atoms with Crippen LogP contribution in [0.4, 0.5) is 0 Å². The first-order valence-electron chi connectivity index (χ1n) is 13.7. The molecule has 0 unspecified atom stereocenters. The maximum atomic E-state index is 13.4. The molecule has 0 saturated carbocycles. The summed E-state index contributed by atoms with van der Waals surface area (Å²) in [4.78, 5) is 27.0. The van der Waals surface area contributed by atoms with Crippen molar-refractivity contribution < 1.29 is 14.3 Å². The summed E-state index contributed by atoms with van der Waals surface area (Å²) in [5.74, 6) is 0.801. The fraction of sp³-hybridized carbons (Fsp3) is 0.394. The van der Waals surface area contributed by atoms with Crippen LogP contribution in [0.3, 0.4) is 0 Å². The van der Waals surface area contributed by atoms with E-state index in [4.69, 9.17) is 4.79 Å². The van der Waals surface area contributed by atoms with E-state index in [2.05, 4.69) is 106 Å².